The van der Waals surface area contributed by atoms with Gasteiger partial charge < -0.3 is 82.8 Å². The van der Waals surface area contributed by atoms with Gasteiger partial charge in [-0.2, -0.15) is 0 Å². The summed E-state index contributed by atoms with van der Waals surface area (Å²) in [6, 6.07) is -6.28. The number of aliphatic hydroxyl groups excluding tert-OH is 8. The predicted octanol–water partition coefficient (Wildman–Crippen LogP) is -6.88. The Morgan fingerprint density at radius 1 is 0.702 bits per heavy atom. The first kappa shape index (κ1) is 47.1. The highest BCUT2D eigenvalue weighted by Crippen LogP contribution is 2.27. The Balaban J connectivity index is 0.00000870. The molecule has 320 valence electrons. The van der Waals surface area contributed by atoms with Crippen molar-refractivity contribution in [2.75, 3.05) is 13.1 Å². The average Bonchev–Trinajstić information content (AvgIpc) is 3.68. The summed E-state index contributed by atoms with van der Waals surface area (Å²) in [5.74, 6) is -8.12. The number of phenolic OH excluding ortho intramolecular Hbond substituents is 1. The number of carbonyl (C=O) groups excluding carboxylic acids is 6. The lowest BCUT2D eigenvalue weighted by molar-refractivity contribution is -0.148. The van der Waals surface area contributed by atoms with Crippen LogP contribution in [0.4, 0.5) is 0 Å². The highest BCUT2D eigenvalue weighted by atomic mass is 35.5. The zero-order valence-electron chi connectivity index (χ0n) is 31.2. The summed E-state index contributed by atoms with van der Waals surface area (Å²) in [6.07, 6.45) is -15.8. The van der Waals surface area contributed by atoms with Gasteiger partial charge in [-0.1, -0.05) is 19.1 Å². The maximum atomic E-state index is 14.0. The molecule has 3 fully saturated rings. The van der Waals surface area contributed by atoms with E-state index in [2.05, 4.69) is 16.0 Å². The number of amides is 6. The van der Waals surface area contributed by atoms with E-state index >= 15 is 0 Å². The van der Waals surface area contributed by atoms with E-state index in [-0.39, 0.29) is 30.3 Å². The van der Waals surface area contributed by atoms with Crippen LogP contribution in [0, 0.1) is 5.92 Å². The zero-order chi connectivity index (χ0) is 41.9. The standard InChI is InChI=1S/C34H51N7O15.ClH/c1-12-10-41-24(25(12)47)32(54)39-30(52)20(46)9-18(35)28(50)36-21(13(2)42)33(55)40-11-17(45)8-19(40)29(51)38-23(31(53)37-22(14(3)43)34(41)56)27(49)26(48)15-4-6-16(44)7-5-15;/h4-7,12-14,17-27,30,42-49,52H,8-11,35H2,1-3H3,(H,36,50)(H,37,53)(H,38,51)(H,39,54);1H/t12-,13+,14+,17+,18-,19-,20+,21-,22-,23-,24-,25-,26-,27-,30+;/m0./s1. The van der Waals surface area contributed by atoms with Crippen molar-refractivity contribution in [3.63, 3.8) is 0 Å². The number of benzene rings is 1. The summed E-state index contributed by atoms with van der Waals surface area (Å²) in [5, 5.41) is 105. The molecule has 1 aromatic rings. The van der Waals surface area contributed by atoms with Gasteiger partial charge in [0.25, 0.3) is 0 Å². The van der Waals surface area contributed by atoms with Crippen molar-refractivity contribution >= 4 is 47.9 Å². The Hall–Kier alpha value is -4.23. The van der Waals surface area contributed by atoms with Crippen molar-refractivity contribution in [1.29, 1.82) is 0 Å². The number of halogens is 1. The summed E-state index contributed by atoms with van der Waals surface area (Å²) in [5.41, 5.74) is 5.88. The van der Waals surface area contributed by atoms with Crippen molar-refractivity contribution < 1.29 is 74.7 Å². The molecule has 15 atom stereocenters. The third kappa shape index (κ3) is 10.6. The summed E-state index contributed by atoms with van der Waals surface area (Å²) in [7, 11) is 0. The third-order valence-corrected chi connectivity index (χ3v) is 10.2. The molecule has 0 bridgehead atoms. The van der Waals surface area contributed by atoms with Gasteiger partial charge in [0, 0.05) is 31.8 Å². The van der Waals surface area contributed by atoms with E-state index in [9.17, 15) is 74.7 Å². The lowest BCUT2D eigenvalue weighted by atomic mass is 9.96. The number of carbonyl (C=O) groups is 6. The fourth-order valence-corrected chi connectivity index (χ4v) is 6.92. The second-order valence-corrected chi connectivity index (χ2v) is 14.6. The number of nitrogens with zero attached hydrogens (tertiary/aromatic N) is 2. The van der Waals surface area contributed by atoms with E-state index in [1.807, 2.05) is 5.32 Å². The topological polar surface area (TPSA) is 365 Å². The second kappa shape index (κ2) is 19.5. The minimum atomic E-state index is -2.24. The molecular weight excluding hydrogens is 782 g/mol. The van der Waals surface area contributed by atoms with E-state index in [4.69, 9.17) is 5.73 Å². The van der Waals surface area contributed by atoms with Crippen molar-refractivity contribution in [1.82, 2.24) is 31.1 Å². The van der Waals surface area contributed by atoms with Crippen molar-refractivity contribution in [3.05, 3.63) is 29.8 Å². The van der Waals surface area contributed by atoms with Crippen LogP contribution in [0.2, 0.25) is 0 Å². The first-order chi connectivity index (χ1) is 26.1. The molecule has 0 saturated carbocycles. The number of hydrogen-bond donors (Lipinski definition) is 14. The van der Waals surface area contributed by atoms with Gasteiger partial charge in [0.05, 0.1) is 30.5 Å². The largest absolute Gasteiger partial charge is 0.508 e. The molecule has 6 amide bonds. The van der Waals surface area contributed by atoms with E-state index in [1.54, 1.807) is 0 Å². The van der Waals surface area contributed by atoms with E-state index < -0.39 is 146 Å². The van der Waals surface area contributed by atoms with Crippen molar-refractivity contribution in [2.24, 2.45) is 11.7 Å². The van der Waals surface area contributed by atoms with E-state index in [0.29, 0.717) is 0 Å². The number of aliphatic hydroxyl groups is 8. The SMILES string of the molecule is C[C@@H](O)[C@@H]1NC(=O)[C@H]([C@H](O)[C@@H](O)c2ccc(O)cc2)NC(=O)[C@@H]2C[C@@H](O)CN2C(=O)[C@H]([C@@H](C)O)NC(=O)[C@@H](N)C[C@@H](O)[C@@H](O)NC(=O)[C@@H]2[C@@H](O)[C@@H](C)CN2C1=O.Cl. The number of nitrogens with one attached hydrogen (secondary N) is 4. The van der Waals surface area contributed by atoms with Gasteiger partial charge >= 0.3 is 0 Å². The molecule has 0 unspecified atom stereocenters. The van der Waals surface area contributed by atoms with Gasteiger partial charge in [-0.05, 0) is 31.5 Å². The highest BCUT2D eigenvalue weighted by molar-refractivity contribution is 5.98. The molecule has 23 heteroatoms. The Labute approximate surface area is 332 Å². The van der Waals surface area contributed by atoms with E-state index in [0.717, 1.165) is 35.8 Å². The molecule has 0 aliphatic carbocycles. The molecule has 3 aliphatic rings. The summed E-state index contributed by atoms with van der Waals surface area (Å²) < 4.78 is 0. The highest BCUT2D eigenvalue weighted by Gasteiger charge is 2.50. The Kier molecular flexibility index (Phi) is 16.1. The lowest BCUT2D eigenvalue weighted by Gasteiger charge is -2.34. The molecule has 57 heavy (non-hydrogen) atoms. The van der Waals surface area contributed by atoms with Gasteiger partial charge in [0.2, 0.25) is 35.4 Å². The van der Waals surface area contributed by atoms with Gasteiger partial charge in [0.1, 0.15) is 54.3 Å². The molecule has 0 aromatic heterocycles. The lowest BCUT2D eigenvalue weighted by Crippen LogP contribution is -2.64. The van der Waals surface area contributed by atoms with Crippen LogP contribution in [0.1, 0.15) is 45.3 Å². The third-order valence-electron chi connectivity index (χ3n) is 10.2. The Bertz CT molecular complexity index is 1620. The normalized spacial score (nSPS) is 34.6. The van der Waals surface area contributed by atoms with Gasteiger partial charge in [-0.3, -0.25) is 28.8 Å². The number of rotatable bonds is 5. The molecule has 22 nitrogen and oxygen atoms in total. The molecule has 4 rings (SSSR count). The van der Waals surface area contributed by atoms with Crippen LogP contribution in [0.25, 0.3) is 0 Å². The minimum Gasteiger partial charge on any atom is -0.508 e. The molecule has 0 spiro atoms. The number of hydrogen-bond acceptors (Lipinski definition) is 16. The van der Waals surface area contributed by atoms with Crippen LogP contribution in [-0.2, 0) is 28.8 Å². The van der Waals surface area contributed by atoms with Gasteiger partial charge in [0.15, 0.2) is 6.23 Å². The minimum absolute atomic E-state index is 0. The van der Waals surface area contributed by atoms with Crippen LogP contribution < -0.4 is 27.0 Å². The van der Waals surface area contributed by atoms with Crippen LogP contribution in [0.15, 0.2) is 24.3 Å². The zero-order valence-corrected chi connectivity index (χ0v) is 32.0. The average molecular weight is 834 g/mol. The summed E-state index contributed by atoms with van der Waals surface area (Å²) >= 11 is 0. The maximum Gasteiger partial charge on any atom is 0.248 e. The Morgan fingerprint density at radius 2 is 1.23 bits per heavy atom. The first-order valence-corrected chi connectivity index (χ1v) is 18.0. The number of aromatic hydroxyl groups is 1. The maximum absolute atomic E-state index is 14.0. The van der Waals surface area contributed by atoms with Crippen LogP contribution >= 0.6 is 12.4 Å². The summed E-state index contributed by atoms with van der Waals surface area (Å²) in [6.45, 7) is 2.85. The first-order valence-electron chi connectivity index (χ1n) is 18.0. The fourth-order valence-electron chi connectivity index (χ4n) is 6.92. The number of phenols is 1. The van der Waals surface area contributed by atoms with Crippen LogP contribution in [-0.4, -0.2) is 183 Å². The smallest absolute Gasteiger partial charge is 0.248 e. The number of fused-ring (bicyclic) bond motifs is 2. The monoisotopic (exact) mass is 833 g/mol. The van der Waals surface area contributed by atoms with Crippen molar-refractivity contribution in [2.45, 2.75) is 119 Å². The number of nitrogens with two attached hydrogens (primary N) is 1. The van der Waals surface area contributed by atoms with Gasteiger partial charge in [-0.15, -0.1) is 12.4 Å². The predicted molar refractivity (Wildman–Crippen MR) is 195 cm³/mol. The molecule has 0 radical (unpaired) electrons. The summed E-state index contributed by atoms with van der Waals surface area (Å²) in [4.78, 5) is 83.9. The molecule has 3 saturated heterocycles. The second-order valence-electron chi connectivity index (χ2n) is 14.6. The van der Waals surface area contributed by atoms with Crippen LogP contribution in [0.5, 0.6) is 5.75 Å². The molecule has 15 N–H and O–H groups in total. The molecule has 3 aliphatic heterocycles. The van der Waals surface area contributed by atoms with Gasteiger partial charge in [-0.25, -0.2) is 0 Å². The molecule has 3 heterocycles. The molecule has 1 aromatic carbocycles. The van der Waals surface area contributed by atoms with E-state index in [1.165, 1.54) is 19.1 Å². The fraction of sp³-hybridized carbons (Fsp3) is 0.647. The Morgan fingerprint density at radius 3 is 1.79 bits per heavy atom. The van der Waals surface area contributed by atoms with Crippen LogP contribution in [0.3, 0.4) is 0 Å². The quantitative estimate of drug-likeness (QED) is 0.131. The van der Waals surface area contributed by atoms with Crippen molar-refractivity contribution in [3.8, 4) is 5.75 Å². The molecular formula is C34H52ClN7O15.